The molecule has 0 unspecified atom stereocenters. The lowest BCUT2D eigenvalue weighted by Gasteiger charge is -2.11. The van der Waals surface area contributed by atoms with E-state index < -0.39 is 5.92 Å². The number of rotatable bonds is 5. The summed E-state index contributed by atoms with van der Waals surface area (Å²) in [4.78, 5) is 0. The lowest BCUT2D eigenvalue weighted by molar-refractivity contribution is 0.0174. The largest absolute Gasteiger partial charge is 0.320 e. The molecule has 0 aromatic heterocycles. The number of hydrogen-bond donors (Lipinski definition) is 1. The molecule has 0 atom stereocenters. The number of benzene rings is 1. The molecule has 0 bridgehead atoms. The van der Waals surface area contributed by atoms with Crippen molar-refractivity contribution in [1.29, 1.82) is 0 Å². The van der Waals surface area contributed by atoms with E-state index in [9.17, 15) is 8.78 Å². The summed E-state index contributed by atoms with van der Waals surface area (Å²) in [6.45, 7) is 1.84. The van der Waals surface area contributed by atoms with Crippen LogP contribution in [-0.4, -0.2) is 13.6 Å². The zero-order valence-corrected chi connectivity index (χ0v) is 9.19. The van der Waals surface area contributed by atoms with E-state index in [1.54, 1.807) is 12.1 Å². The summed E-state index contributed by atoms with van der Waals surface area (Å²) in [6, 6.07) is 6.66. The average molecular weight is 213 g/mol. The van der Waals surface area contributed by atoms with Gasteiger partial charge in [-0.2, -0.15) is 0 Å². The van der Waals surface area contributed by atoms with Crippen molar-refractivity contribution in [1.82, 2.24) is 5.32 Å². The number of nitrogens with one attached hydrogen (secondary N) is 1. The molecule has 0 heterocycles. The van der Waals surface area contributed by atoms with Crippen LogP contribution in [0, 0.1) is 0 Å². The molecule has 0 fully saturated rings. The van der Waals surface area contributed by atoms with Crippen LogP contribution in [0.3, 0.4) is 0 Å². The first kappa shape index (κ1) is 12.1. The minimum absolute atomic E-state index is 0.101. The third-order valence-electron chi connectivity index (χ3n) is 2.33. The molecule has 3 heteroatoms. The average Bonchev–Trinajstić information content (AvgIpc) is 2.17. The number of hydrogen-bond acceptors (Lipinski definition) is 1. The molecule has 0 saturated carbocycles. The van der Waals surface area contributed by atoms with Gasteiger partial charge in [-0.1, -0.05) is 18.2 Å². The quantitative estimate of drug-likeness (QED) is 0.741. The monoisotopic (exact) mass is 213 g/mol. The van der Waals surface area contributed by atoms with Gasteiger partial charge in [0.1, 0.15) is 0 Å². The number of halogens is 2. The van der Waals surface area contributed by atoms with Crippen LogP contribution in [0.5, 0.6) is 0 Å². The first-order chi connectivity index (χ1) is 7.04. The second kappa shape index (κ2) is 5.21. The van der Waals surface area contributed by atoms with Gasteiger partial charge < -0.3 is 5.32 Å². The maximum absolute atomic E-state index is 13.0. The zero-order chi connectivity index (χ0) is 11.3. The van der Waals surface area contributed by atoms with Crippen molar-refractivity contribution in [3.8, 4) is 0 Å². The second-order valence-corrected chi connectivity index (χ2v) is 3.80. The van der Waals surface area contributed by atoms with E-state index in [1.165, 1.54) is 6.07 Å². The fourth-order valence-corrected chi connectivity index (χ4v) is 1.47. The predicted octanol–water partition coefficient (Wildman–Crippen LogP) is 2.95. The van der Waals surface area contributed by atoms with Crippen molar-refractivity contribution in [2.45, 2.75) is 25.7 Å². The smallest absolute Gasteiger partial charge is 0.270 e. The van der Waals surface area contributed by atoms with Gasteiger partial charge in [0.05, 0.1) is 0 Å². The molecule has 15 heavy (non-hydrogen) atoms. The number of aryl methyl sites for hydroxylation is 1. The van der Waals surface area contributed by atoms with E-state index in [1.807, 2.05) is 13.1 Å². The van der Waals surface area contributed by atoms with Gasteiger partial charge in [0.25, 0.3) is 5.92 Å². The Morgan fingerprint density at radius 2 is 2.07 bits per heavy atom. The molecule has 1 aromatic rings. The predicted molar refractivity (Wildman–Crippen MR) is 58.3 cm³/mol. The Labute approximate surface area is 89.5 Å². The topological polar surface area (TPSA) is 12.0 Å². The Balaban J connectivity index is 2.66. The van der Waals surface area contributed by atoms with E-state index in [0.29, 0.717) is 0 Å². The molecule has 0 saturated heterocycles. The van der Waals surface area contributed by atoms with Gasteiger partial charge in [-0.25, -0.2) is 8.78 Å². The molecule has 0 aliphatic rings. The highest BCUT2D eigenvalue weighted by Gasteiger charge is 2.23. The SMILES string of the molecule is CNCCCc1cccc(C(C)(F)F)c1. The third kappa shape index (κ3) is 3.96. The van der Waals surface area contributed by atoms with Gasteiger partial charge in [-0.15, -0.1) is 0 Å². The normalized spacial score (nSPS) is 11.7. The molecular weight excluding hydrogens is 196 g/mol. The minimum atomic E-state index is -2.74. The minimum Gasteiger partial charge on any atom is -0.320 e. The van der Waals surface area contributed by atoms with Crippen LogP contribution in [0.15, 0.2) is 24.3 Å². The highest BCUT2D eigenvalue weighted by atomic mass is 19.3. The van der Waals surface area contributed by atoms with Crippen LogP contribution in [0.25, 0.3) is 0 Å². The molecule has 84 valence electrons. The summed E-state index contributed by atoms with van der Waals surface area (Å²) in [7, 11) is 1.89. The molecule has 0 aliphatic heterocycles. The van der Waals surface area contributed by atoms with Crippen molar-refractivity contribution in [3.63, 3.8) is 0 Å². The van der Waals surface area contributed by atoms with E-state index in [4.69, 9.17) is 0 Å². The molecule has 1 N–H and O–H groups in total. The fraction of sp³-hybridized carbons (Fsp3) is 0.500. The van der Waals surface area contributed by atoms with Gasteiger partial charge in [0.15, 0.2) is 0 Å². The molecule has 1 aromatic carbocycles. The van der Waals surface area contributed by atoms with Crippen LogP contribution in [0.4, 0.5) is 8.78 Å². The zero-order valence-electron chi connectivity index (χ0n) is 9.19. The highest BCUT2D eigenvalue weighted by molar-refractivity contribution is 5.26. The van der Waals surface area contributed by atoms with Crippen LogP contribution < -0.4 is 5.32 Å². The molecule has 0 amide bonds. The van der Waals surface area contributed by atoms with Crippen molar-refractivity contribution < 1.29 is 8.78 Å². The summed E-state index contributed by atoms with van der Waals surface area (Å²) in [5.74, 6) is -2.74. The Bertz CT molecular complexity index is 305. The molecule has 1 rings (SSSR count). The second-order valence-electron chi connectivity index (χ2n) is 3.80. The summed E-state index contributed by atoms with van der Waals surface area (Å²) in [6.07, 6.45) is 1.81. The van der Waals surface area contributed by atoms with Gasteiger partial charge in [-0.05, 0) is 38.1 Å². The van der Waals surface area contributed by atoms with E-state index in [0.717, 1.165) is 31.9 Å². The van der Waals surface area contributed by atoms with Crippen LogP contribution >= 0.6 is 0 Å². The van der Waals surface area contributed by atoms with E-state index >= 15 is 0 Å². The lowest BCUT2D eigenvalue weighted by Crippen LogP contribution is -2.09. The summed E-state index contributed by atoms with van der Waals surface area (Å²) >= 11 is 0. The Morgan fingerprint density at radius 3 is 2.67 bits per heavy atom. The summed E-state index contributed by atoms with van der Waals surface area (Å²) in [5, 5.41) is 3.03. The molecule has 1 nitrogen and oxygen atoms in total. The van der Waals surface area contributed by atoms with E-state index in [2.05, 4.69) is 5.32 Å². The maximum atomic E-state index is 13.0. The van der Waals surface area contributed by atoms with Crippen molar-refractivity contribution >= 4 is 0 Å². The fourth-order valence-electron chi connectivity index (χ4n) is 1.47. The van der Waals surface area contributed by atoms with Gasteiger partial charge in [0, 0.05) is 12.5 Å². The van der Waals surface area contributed by atoms with Crippen molar-refractivity contribution in [2.75, 3.05) is 13.6 Å². The standard InChI is InChI=1S/C12H17F2N/c1-12(13,14)11-7-3-5-10(9-11)6-4-8-15-2/h3,5,7,9,15H,4,6,8H2,1-2H3. The van der Waals surface area contributed by atoms with Gasteiger partial charge in [0.2, 0.25) is 0 Å². The molecule has 0 spiro atoms. The molecule has 0 radical (unpaired) electrons. The third-order valence-corrected chi connectivity index (χ3v) is 2.33. The Morgan fingerprint density at radius 1 is 1.33 bits per heavy atom. The van der Waals surface area contributed by atoms with E-state index in [-0.39, 0.29) is 5.56 Å². The molecule has 0 aliphatic carbocycles. The Hall–Kier alpha value is -0.960. The first-order valence-electron chi connectivity index (χ1n) is 5.16. The van der Waals surface area contributed by atoms with Crippen LogP contribution in [-0.2, 0) is 12.3 Å². The number of alkyl halides is 2. The lowest BCUT2D eigenvalue weighted by atomic mass is 10.0. The van der Waals surface area contributed by atoms with Crippen molar-refractivity contribution in [2.24, 2.45) is 0 Å². The van der Waals surface area contributed by atoms with Crippen molar-refractivity contribution in [3.05, 3.63) is 35.4 Å². The molecular formula is C12H17F2N. The summed E-state index contributed by atoms with van der Waals surface area (Å²) in [5.41, 5.74) is 1.08. The van der Waals surface area contributed by atoms with Gasteiger partial charge in [-0.3, -0.25) is 0 Å². The van der Waals surface area contributed by atoms with Gasteiger partial charge >= 0.3 is 0 Å². The first-order valence-corrected chi connectivity index (χ1v) is 5.16. The maximum Gasteiger partial charge on any atom is 0.270 e. The summed E-state index contributed by atoms with van der Waals surface area (Å²) < 4.78 is 26.0. The van der Waals surface area contributed by atoms with Crippen LogP contribution in [0.1, 0.15) is 24.5 Å². The Kier molecular flexibility index (Phi) is 4.21. The highest BCUT2D eigenvalue weighted by Crippen LogP contribution is 2.27. The van der Waals surface area contributed by atoms with Crippen LogP contribution in [0.2, 0.25) is 0 Å².